The summed E-state index contributed by atoms with van der Waals surface area (Å²) < 4.78 is 5.08. The number of rotatable bonds is 4. The first-order valence-electron chi connectivity index (χ1n) is 10.2. The van der Waals surface area contributed by atoms with Crippen LogP contribution in [0, 0.1) is 5.41 Å². The van der Waals surface area contributed by atoms with Crippen molar-refractivity contribution < 1.29 is 9.21 Å². The molecule has 27 heavy (non-hydrogen) atoms. The van der Waals surface area contributed by atoms with Gasteiger partial charge in [-0.3, -0.25) is 9.69 Å². The lowest BCUT2D eigenvalue weighted by molar-refractivity contribution is 0.0675. The first-order valence-corrected chi connectivity index (χ1v) is 10.2. The summed E-state index contributed by atoms with van der Waals surface area (Å²) in [5, 5.41) is 0. The van der Waals surface area contributed by atoms with Gasteiger partial charge in [-0.2, -0.15) is 0 Å². The summed E-state index contributed by atoms with van der Waals surface area (Å²) in [6.07, 6.45) is 6.69. The van der Waals surface area contributed by atoms with E-state index in [2.05, 4.69) is 43.0 Å². The number of furan rings is 1. The molecule has 3 heterocycles. The zero-order chi connectivity index (χ0) is 18.9. The zero-order valence-corrected chi connectivity index (χ0v) is 16.5. The molecule has 144 valence electrons. The van der Waals surface area contributed by atoms with Crippen LogP contribution < -0.4 is 0 Å². The predicted octanol–water partition coefficient (Wildman–Crippen LogP) is 4.53. The van der Waals surface area contributed by atoms with Gasteiger partial charge in [0, 0.05) is 31.6 Å². The molecular formula is C23H30N2O2. The molecule has 0 bridgehead atoms. The van der Waals surface area contributed by atoms with Gasteiger partial charge in [-0.05, 0) is 48.9 Å². The standard InChI is InChI=1S/C23H30N2O2/c1-18(2)20-6-4-19(5-7-20)14-24-11-3-9-23(16-24)10-12-25(17-23)22(26)21-8-13-27-15-21/h4-8,13,15,18H,3,9-12,14,16-17H2,1-2H3. The van der Waals surface area contributed by atoms with E-state index in [1.807, 2.05) is 4.90 Å². The Bertz CT molecular complexity index is 766. The molecule has 1 aromatic carbocycles. The summed E-state index contributed by atoms with van der Waals surface area (Å²) in [7, 11) is 0. The molecule has 4 heteroatoms. The van der Waals surface area contributed by atoms with E-state index in [1.54, 1.807) is 18.6 Å². The van der Waals surface area contributed by atoms with Gasteiger partial charge in [0.25, 0.3) is 5.91 Å². The summed E-state index contributed by atoms with van der Waals surface area (Å²) in [5.41, 5.74) is 3.72. The van der Waals surface area contributed by atoms with Crippen molar-refractivity contribution in [2.75, 3.05) is 26.2 Å². The second-order valence-corrected chi connectivity index (χ2v) is 8.70. The van der Waals surface area contributed by atoms with Crippen molar-refractivity contribution in [3.05, 3.63) is 59.5 Å². The molecule has 2 fully saturated rings. The van der Waals surface area contributed by atoms with Crippen LogP contribution in [0.5, 0.6) is 0 Å². The van der Waals surface area contributed by atoms with Gasteiger partial charge in [0.1, 0.15) is 6.26 Å². The highest BCUT2D eigenvalue weighted by Crippen LogP contribution is 2.39. The van der Waals surface area contributed by atoms with Crippen molar-refractivity contribution in [3.63, 3.8) is 0 Å². The van der Waals surface area contributed by atoms with Crippen LogP contribution >= 0.6 is 0 Å². The zero-order valence-electron chi connectivity index (χ0n) is 16.5. The van der Waals surface area contributed by atoms with Crippen molar-refractivity contribution in [1.82, 2.24) is 9.80 Å². The van der Waals surface area contributed by atoms with Gasteiger partial charge >= 0.3 is 0 Å². The van der Waals surface area contributed by atoms with Crippen LogP contribution in [0.25, 0.3) is 0 Å². The second kappa shape index (κ2) is 7.51. The Kier molecular flexibility index (Phi) is 5.09. The Hall–Kier alpha value is -2.07. The minimum atomic E-state index is 0.113. The van der Waals surface area contributed by atoms with Crippen molar-refractivity contribution in [3.8, 4) is 0 Å². The van der Waals surface area contributed by atoms with Crippen molar-refractivity contribution >= 4 is 5.91 Å². The quantitative estimate of drug-likeness (QED) is 0.798. The molecule has 2 aliphatic heterocycles. The SMILES string of the molecule is CC(C)c1ccc(CN2CCCC3(CCN(C(=O)c4ccoc4)C3)C2)cc1. The third kappa shape index (κ3) is 3.96. The molecule has 0 aliphatic carbocycles. The van der Waals surface area contributed by atoms with E-state index < -0.39 is 0 Å². The van der Waals surface area contributed by atoms with Gasteiger partial charge in [-0.1, -0.05) is 38.1 Å². The fourth-order valence-corrected chi connectivity index (χ4v) is 4.72. The third-order valence-corrected chi connectivity index (χ3v) is 6.29. The average molecular weight is 367 g/mol. The molecular weight excluding hydrogens is 336 g/mol. The third-order valence-electron chi connectivity index (χ3n) is 6.29. The molecule has 1 amide bonds. The maximum atomic E-state index is 12.6. The van der Waals surface area contributed by atoms with E-state index in [1.165, 1.54) is 24.0 Å². The van der Waals surface area contributed by atoms with Gasteiger partial charge in [0.15, 0.2) is 0 Å². The summed E-state index contributed by atoms with van der Waals surface area (Å²) in [6.45, 7) is 9.47. The normalized spacial score (nSPS) is 23.4. The summed E-state index contributed by atoms with van der Waals surface area (Å²) >= 11 is 0. The lowest BCUT2D eigenvalue weighted by Crippen LogP contribution is -2.45. The smallest absolute Gasteiger partial charge is 0.257 e. The van der Waals surface area contributed by atoms with Gasteiger partial charge in [-0.15, -0.1) is 0 Å². The number of hydrogen-bond donors (Lipinski definition) is 0. The number of carbonyl (C=O) groups excluding carboxylic acids is 1. The minimum absolute atomic E-state index is 0.113. The monoisotopic (exact) mass is 366 g/mol. The lowest BCUT2D eigenvalue weighted by atomic mass is 9.79. The van der Waals surface area contributed by atoms with Crippen molar-refractivity contribution in [2.24, 2.45) is 5.41 Å². The lowest BCUT2D eigenvalue weighted by Gasteiger charge is -2.40. The van der Waals surface area contributed by atoms with E-state index in [4.69, 9.17) is 4.42 Å². The van der Waals surface area contributed by atoms with Crippen molar-refractivity contribution in [1.29, 1.82) is 0 Å². The summed E-state index contributed by atoms with van der Waals surface area (Å²) in [4.78, 5) is 17.2. The van der Waals surface area contributed by atoms with Crippen LogP contribution in [0.2, 0.25) is 0 Å². The Morgan fingerprint density at radius 3 is 2.63 bits per heavy atom. The highest BCUT2D eigenvalue weighted by atomic mass is 16.3. The molecule has 2 aliphatic rings. The van der Waals surface area contributed by atoms with Gasteiger partial charge in [0.05, 0.1) is 11.8 Å². The molecule has 0 saturated carbocycles. The molecule has 1 spiro atoms. The highest BCUT2D eigenvalue weighted by Gasteiger charge is 2.42. The van der Waals surface area contributed by atoms with Crippen LogP contribution in [0.1, 0.15) is 60.5 Å². The molecule has 1 aromatic heterocycles. The Balaban J connectivity index is 1.38. The fraction of sp³-hybridized carbons (Fsp3) is 0.522. The Morgan fingerprint density at radius 2 is 1.93 bits per heavy atom. The van der Waals surface area contributed by atoms with Crippen LogP contribution in [-0.2, 0) is 6.54 Å². The fourth-order valence-electron chi connectivity index (χ4n) is 4.72. The van der Waals surface area contributed by atoms with Crippen LogP contribution in [0.15, 0.2) is 47.3 Å². The molecule has 0 N–H and O–H groups in total. The first-order chi connectivity index (χ1) is 13.0. The maximum absolute atomic E-state index is 12.6. The Labute approximate surface area is 162 Å². The Morgan fingerprint density at radius 1 is 1.11 bits per heavy atom. The van der Waals surface area contributed by atoms with E-state index >= 15 is 0 Å². The summed E-state index contributed by atoms with van der Waals surface area (Å²) in [6, 6.07) is 10.8. The topological polar surface area (TPSA) is 36.7 Å². The van der Waals surface area contributed by atoms with E-state index in [-0.39, 0.29) is 11.3 Å². The van der Waals surface area contributed by atoms with Gasteiger partial charge in [0.2, 0.25) is 0 Å². The number of piperidine rings is 1. The first kappa shape index (κ1) is 18.3. The molecule has 1 unspecified atom stereocenters. The minimum Gasteiger partial charge on any atom is -0.472 e. The highest BCUT2D eigenvalue weighted by molar-refractivity contribution is 5.94. The number of likely N-dealkylation sites (tertiary alicyclic amines) is 2. The maximum Gasteiger partial charge on any atom is 0.257 e. The molecule has 4 rings (SSSR count). The van der Waals surface area contributed by atoms with Gasteiger partial charge < -0.3 is 9.32 Å². The number of nitrogens with zero attached hydrogens (tertiary/aromatic N) is 2. The number of amides is 1. The van der Waals surface area contributed by atoms with Crippen LogP contribution in [0.3, 0.4) is 0 Å². The van der Waals surface area contributed by atoms with E-state index in [9.17, 15) is 4.79 Å². The van der Waals surface area contributed by atoms with E-state index in [0.717, 1.165) is 39.1 Å². The van der Waals surface area contributed by atoms with Gasteiger partial charge in [-0.25, -0.2) is 0 Å². The molecule has 2 saturated heterocycles. The largest absolute Gasteiger partial charge is 0.472 e. The molecule has 4 nitrogen and oxygen atoms in total. The molecule has 1 atom stereocenters. The predicted molar refractivity (Wildman–Crippen MR) is 107 cm³/mol. The van der Waals surface area contributed by atoms with Crippen molar-refractivity contribution in [2.45, 2.75) is 45.6 Å². The molecule has 0 radical (unpaired) electrons. The number of hydrogen-bond acceptors (Lipinski definition) is 3. The van der Waals surface area contributed by atoms with Crippen LogP contribution in [0.4, 0.5) is 0 Å². The van der Waals surface area contributed by atoms with E-state index in [0.29, 0.717) is 11.5 Å². The number of carbonyl (C=O) groups is 1. The second-order valence-electron chi connectivity index (χ2n) is 8.70. The summed E-state index contributed by atoms with van der Waals surface area (Å²) in [5.74, 6) is 0.691. The van der Waals surface area contributed by atoms with Crippen LogP contribution in [-0.4, -0.2) is 41.9 Å². The number of benzene rings is 1. The molecule has 2 aromatic rings. The average Bonchev–Trinajstić information content (AvgIpc) is 3.32.